The summed E-state index contributed by atoms with van der Waals surface area (Å²) in [7, 11) is 0. The summed E-state index contributed by atoms with van der Waals surface area (Å²) in [4.78, 5) is 4.71. The first kappa shape index (κ1) is 44.0. The van der Waals surface area contributed by atoms with Crippen molar-refractivity contribution in [3.63, 3.8) is 0 Å². The lowest BCUT2D eigenvalue weighted by molar-refractivity contribution is 0.668. The lowest BCUT2D eigenvalue weighted by Gasteiger charge is -2.26. The zero-order chi connectivity index (χ0) is 51.6. The van der Waals surface area contributed by atoms with E-state index in [2.05, 4.69) is 275 Å². The second-order valence-electron chi connectivity index (χ2n) is 20.6. The highest BCUT2D eigenvalue weighted by Gasteiger charge is 2.26. The van der Waals surface area contributed by atoms with E-state index in [-0.39, 0.29) is 0 Å². The molecule has 4 aromatic heterocycles. The van der Waals surface area contributed by atoms with Gasteiger partial charge < -0.3 is 27.8 Å². The SMILES string of the molecule is Cc1cccc(N(c2ccc3c4c5ccc6c(c5ccc4n(-c4ccccc4)c3c2)c2ccc(N(c3cccc(C)c3)c3cccc4c3oc3ccccc34)cc2n6-c2ccccc2)c2cccc3c2oc2ccccc23)c1. The Balaban J connectivity index is 0.947. The second kappa shape index (κ2) is 17.1. The Morgan fingerprint density at radius 2 is 0.667 bits per heavy atom. The average molecular weight is 1000 g/mol. The van der Waals surface area contributed by atoms with Crippen LogP contribution in [0.25, 0.3) is 110 Å². The average Bonchev–Trinajstić information content (AvgIpc) is 4.36. The molecule has 0 amide bonds. The zero-order valence-corrected chi connectivity index (χ0v) is 42.9. The van der Waals surface area contributed by atoms with Gasteiger partial charge in [0.25, 0.3) is 0 Å². The van der Waals surface area contributed by atoms with E-state index in [1.54, 1.807) is 0 Å². The van der Waals surface area contributed by atoms with Crippen LogP contribution in [0, 0.1) is 13.8 Å². The van der Waals surface area contributed by atoms with Gasteiger partial charge in [-0.2, -0.15) is 0 Å². The molecule has 0 N–H and O–H groups in total. The largest absolute Gasteiger partial charge is 0.454 e. The van der Waals surface area contributed by atoms with E-state index in [0.717, 1.165) is 111 Å². The first-order chi connectivity index (χ1) is 38.5. The Hall–Kier alpha value is -10.3. The molecule has 0 unspecified atom stereocenters. The van der Waals surface area contributed by atoms with E-state index in [1.807, 2.05) is 12.1 Å². The number of para-hydroxylation sites is 6. The third kappa shape index (κ3) is 6.63. The number of nitrogens with zero attached hydrogens (tertiary/aromatic N) is 4. The van der Waals surface area contributed by atoms with Crippen LogP contribution in [0.1, 0.15) is 11.1 Å². The molecule has 0 radical (unpaired) electrons. The quantitative estimate of drug-likeness (QED) is 0.152. The number of rotatable bonds is 8. The lowest BCUT2D eigenvalue weighted by atomic mass is 9.99. The smallest absolute Gasteiger partial charge is 0.159 e. The van der Waals surface area contributed by atoms with Crippen LogP contribution in [0.15, 0.2) is 264 Å². The van der Waals surface area contributed by atoms with Crippen LogP contribution in [-0.2, 0) is 0 Å². The van der Waals surface area contributed by atoms with Crippen molar-refractivity contribution in [2.75, 3.05) is 9.80 Å². The highest BCUT2D eigenvalue weighted by Crippen LogP contribution is 2.49. The van der Waals surface area contributed by atoms with Gasteiger partial charge in [0.1, 0.15) is 11.2 Å². The number of benzene rings is 12. The highest BCUT2D eigenvalue weighted by atomic mass is 16.3. The van der Waals surface area contributed by atoms with E-state index in [9.17, 15) is 0 Å². The standard InChI is InChI=1S/C72H48N4O2/c1-45-17-13-23-49(41-45)73(63-29-15-27-57-53-25-9-11-31-67(53)77-71(57)63)51-33-35-59-65(43-51)75(47-19-5-3-6-20-47)61-39-37-56-55(69(59)61)38-40-62-70(56)60-36-34-52(44-66(60)76(62)48-21-7-4-8-22-48)74(50-24-14-18-46(2)42-50)64-30-16-28-58-54-26-10-12-32-68(54)78-72(58)64/h3-44H,1-2H3. The van der Waals surface area contributed by atoms with E-state index >= 15 is 0 Å². The number of anilines is 6. The minimum atomic E-state index is 0.854. The van der Waals surface area contributed by atoms with Crippen molar-refractivity contribution in [1.29, 1.82) is 0 Å². The van der Waals surface area contributed by atoms with Gasteiger partial charge >= 0.3 is 0 Å². The number of hydrogen-bond donors (Lipinski definition) is 0. The highest BCUT2D eigenvalue weighted by molar-refractivity contribution is 6.30. The van der Waals surface area contributed by atoms with Crippen LogP contribution in [0.3, 0.4) is 0 Å². The van der Waals surface area contributed by atoms with Gasteiger partial charge in [-0.1, -0.05) is 146 Å². The molecule has 0 saturated heterocycles. The van der Waals surface area contributed by atoms with Gasteiger partial charge in [-0.05, 0) is 145 Å². The Labute approximate surface area is 449 Å². The third-order valence-electron chi connectivity index (χ3n) is 15.9. The van der Waals surface area contributed by atoms with Crippen molar-refractivity contribution in [2.24, 2.45) is 0 Å². The fourth-order valence-electron chi connectivity index (χ4n) is 12.6. The van der Waals surface area contributed by atoms with Gasteiger partial charge in [0.15, 0.2) is 11.2 Å². The van der Waals surface area contributed by atoms with Crippen LogP contribution >= 0.6 is 0 Å². The topological polar surface area (TPSA) is 42.6 Å². The summed E-state index contributed by atoms with van der Waals surface area (Å²) in [6.07, 6.45) is 0. The van der Waals surface area contributed by atoms with E-state index in [4.69, 9.17) is 8.83 Å². The predicted octanol–water partition coefficient (Wildman–Crippen LogP) is 20.4. The van der Waals surface area contributed by atoms with Gasteiger partial charge in [-0.25, -0.2) is 0 Å². The molecule has 16 aromatic rings. The van der Waals surface area contributed by atoms with Crippen molar-refractivity contribution in [1.82, 2.24) is 9.13 Å². The second-order valence-corrected chi connectivity index (χ2v) is 20.6. The Morgan fingerprint density at radius 1 is 0.282 bits per heavy atom. The van der Waals surface area contributed by atoms with E-state index in [1.165, 1.54) is 43.4 Å². The number of fused-ring (bicyclic) bond motifs is 15. The molecule has 368 valence electrons. The Morgan fingerprint density at radius 3 is 1.12 bits per heavy atom. The van der Waals surface area contributed by atoms with Gasteiger partial charge in [0, 0.05) is 77.2 Å². The molecule has 0 atom stereocenters. The summed E-state index contributed by atoms with van der Waals surface area (Å²) in [6.45, 7) is 4.31. The van der Waals surface area contributed by atoms with Gasteiger partial charge in [0.2, 0.25) is 0 Å². The van der Waals surface area contributed by atoms with Crippen molar-refractivity contribution >= 4 is 132 Å². The number of aromatic nitrogens is 2. The normalized spacial score (nSPS) is 12.0. The van der Waals surface area contributed by atoms with Crippen molar-refractivity contribution in [3.8, 4) is 11.4 Å². The van der Waals surface area contributed by atoms with Gasteiger partial charge in [0.05, 0.1) is 33.4 Å². The number of hydrogen-bond acceptors (Lipinski definition) is 4. The van der Waals surface area contributed by atoms with E-state index in [0.29, 0.717) is 0 Å². The molecule has 78 heavy (non-hydrogen) atoms. The monoisotopic (exact) mass is 1000 g/mol. The molecule has 12 aromatic carbocycles. The maximum atomic E-state index is 6.74. The molecule has 6 nitrogen and oxygen atoms in total. The van der Waals surface area contributed by atoms with Crippen LogP contribution in [0.4, 0.5) is 34.1 Å². The first-order valence-corrected chi connectivity index (χ1v) is 26.7. The molecular weight excluding hydrogens is 953 g/mol. The lowest BCUT2D eigenvalue weighted by Crippen LogP contribution is -2.10. The van der Waals surface area contributed by atoms with Crippen LogP contribution in [-0.4, -0.2) is 9.13 Å². The maximum absolute atomic E-state index is 6.74. The molecule has 4 heterocycles. The van der Waals surface area contributed by atoms with Gasteiger partial charge in [-0.15, -0.1) is 0 Å². The van der Waals surface area contributed by atoms with Crippen LogP contribution < -0.4 is 9.80 Å². The molecular formula is C72H48N4O2. The summed E-state index contributed by atoms with van der Waals surface area (Å²) in [6, 6.07) is 92.0. The zero-order valence-electron chi connectivity index (χ0n) is 42.9. The Kier molecular flexibility index (Phi) is 9.66. The van der Waals surface area contributed by atoms with Crippen LogP contribution in [0.5, 0.6) is 0 Å². The fraction of sp³-hybridized carbons (Fsp3) is 0.0278. The molecule has 6 heteroatoms. The molecule has 0 bridgehead atoms. The van der Waals surface area contributed by atoms with Crippen molar-refractivity contribution < 1.29 is 8.83 Å². The molecule has 0 aliphatic heterocycles. The summed E-state index contributed by atoms with van der Waals surface area (Å²) in [5.41, 5.74) is 18.7. The third-order valence-corrected chi connectivity index (χ3v) is 15.9. The molecule has 0 spiro atoms. The molecule has 0 saturated carbocycles. The number of furan rings is 2. The molecule has 0 aliphatic carbocycles. The fourth-order valence-corrected chi connectivity index (χ4v) is 12.6. The Bertz CT molecular complexity index is 4760. The molecule has 0 fully saturated rings. The maximum Gasteiger partial charge on any atom is 0.159 e. The van der Waals surface area contributed by atoms with Crippen molar-refractivity contribution in [3.05, 3.63) is 266 Å². The predicted molar refractivity (Wildman–Crippen MR) is 326 cm³/mol. The first-order valence-electron chi connectivity index (χ1n) is 26.7. The summed E-state index contributed by atoms with van der Waals surface area (Å²) in [5.74, 6) is 0. The molecule has 0 aliphatic rings. The minimum Gasteiger partial charge on any atom is -0.454 e. The van der Waals surface area contributed by atoms with Gasteiger partial charge in [-0.3, -0.25) is 0 Å². The van der Waals surface area contributed by atoms with Crippen molar-refractivity contribution in [2.45, 2.75) is 13.8 Å². The number of aryl methyl sites for hydroxylation is 2. The summed E-state index contributed by atoms with van der Waals surface area (Å²) >= 11 is 0. The minimum absolute atomic E-state index is 0.854. The van der Waals surface area contributed by atoms with E-state index < -0.39 is 0 Å². The summed E-state index contributed by atoms with van der Waals surface area (Å²) in [5, 5.41) is 11.6. The molecule has 16 rings (SSSR count). The summed E-state index contributed by atoms with van der Waals surface area (Å²) < 4.78 is 18.4. The van der Waals surface area contributed by atoms with Crippen LogP contribution in [0.2, 0.25) is 0 Å².